The van der Waals surface area contributed by atoms with E-state index in [1.807, 2.05) is 27.7 Å². The summed E-state index contributed by atoms with van der Waals surface area (Å²) in [7, 11) is 0. The van der Waals surface area contributed by atoms with Crippen LogP contribution in [0.2, 0.25) is 0 Å². The molecule has 2 N–H and O–H groups in total. The highest BCUT2D eigenvalue weighted by molar-refractivity contribution is 5.69. The van der Waals surface area contributed by atoms with Crippen molar-refractivity contribution in [3.05, 3.63) is 22.3 Å². The first-order chi connectivity index (χ1) is 10.5. The molecule has 0 fully saturated rings. The molecule has 0 spiro atoms. The maximum atomic E-state index is 11.1. The Labute approximate surface area is 139 Å². The Bertz CT molecular complexity index is 584. The van der Waals surface area contributed by atoms with Gasteiger partial charge in [0.2, 0.25) is 0 Å². The third-order valence-corrected chi connectivity index (χ3v) is 4.08. The number of ether oxygens (including phenoxy) is 1. The Balaban J connectivity index is 4.02. The molecule has 1 rings (SSSR count). The van der Waals surface area contributed by atoms with Gasteiger partial charge in [0, 0.05) is 11.1 Å². The third kappa shape index (κ3) is 3.80. The van der Waals surface area contributed by atoms with Gasteiger partial charge in [-0.1, -0.05) is 55.4 Å². The van der Waals surface area contributed by atoms with Crippen molar-refractivity contribution < 1.29 is 19.7 Å². The minimum absolute atomic E-state index is 0.0285. The molecule has 0 aliphatic carbocycles. The standard InChI is InChI=1S/C19H30O4/c1-9(2)13-14(10(3)4)16(12(7)8)18(23-19(21)22)17(20)15(13)11(5)6/h9-12,20H,1-8H3,(H,21,22). The largest absolute Gasteiger partial charge is 0.511 e. The second kappa shape index (κ2) is 7.24. The molecular formula is C19H30O4. The molecule has 130 valence electrons. The molecule has 0 saturated heterocycles. The summed E-state index contributed by atoms with van der Waals surface area (Å²) in [5.74, 6) is 0.628. The minimum atomic E-state index is -1.40. The van der Waals surface area contributed by atoms with Gasteiger partial charge >= 0.3 is 6.16 Å². The third-order valence-electron chi connectivity index (χ3n) is 4.08. The van der Waals surface area contributed by atoms with Crippen molar-refractivity contribution >= 4 is 6.16 Å². The van der Waals surface area contributed by atoms with Crippen molar-refractivity contribution in [3.8, 4) is 11.5 Å². The molecule has 23 heavy (non-hydrogen) atoms. The monoisotopic (exact) mass is 322 g/mol. The molecule has 0 aromatic heterocycles. The van der Waals surface area contributed by atoms with Crippen LogP contribution < -0.4 is 4.74 Å². The van der Waals surface area contributed by atoms with Crippen molar-refractivity contribution in [2.75, 3.05) is 0 Å². The maximum absolute atomic E-state index is 11.1. The van der Waals surface area contributed by atoms with E-state index < -0.39 is 6.16 Å². The molecule has 0 aliphatic rings. The Hall–Kier alpha value is -1.71. The summed E-state index contributed by atoms with van der Waals surface area (Å²) >= 11 is 0. The summed E-state index contributed by atoms with van der Waals surface area (Å²) in [6, 6.07) is 0. The van der Waals surface area contributed by atoms with Gasteiger partial charge in [0.25, 0.3) is 0 Å². The fraction of sp³-hybridized carbons (Fsp3) is 0.632. The summed E-state index contributed by atoms with van der Waals surface area (Å²) < 4.78 is 5.02. The number of hydrogen-bond donors (Lipinski definition) is 2. The number of rotatable bonds is 5. The van der Waals surface area contributed by atoms with Crippen LogP contribution in [0.4, 0.5) is 4.79 Å². The predicted molar refractivity (Wildman–Crippen MR) is 93.1 cm³/mol. The predicted octanol–water partition coefficient (Wildman–Crippen LogP) is 5.94. The topological polar surface area (TPSA) is 66.8 Å². The molecule has 4 heteroatoms. The number of phenolic OH excluding ortho intramolecular Hbond substituents is 1. The van der Waals surface area contributed by atoms with Crippen molar-refractivity contribution in [1.82, 2.24) is 0 Å². The number of hydrogen-bond acceptors (Lipinski definition) is 3. The van der Waals surface area contributed by atoms with Crippen LogP contribution in [0.5, 0.6) is 11.5 Å². The highest BCUT2D eigenvalue weighted by Crippen LogP contribution is 2.49. The van der Waals surface area contributed by atoms with Crippen molar-refractivity contribution in [2.45, 2.75) is 79.1 Å². The second-order valence-electron chi connectivity index (χ2n) is 7.32. The molecule has 1 aromatic carbocycles. The highest BCUT2D eigenvalue weighted by Gasteiger charge is 2.30. The van der Waals surface area contributed by atoms with Gasteiger partial charge in [0.15, 0.2) is 11.5 Å². The van der Waals surface area contributed by atoms with E-state index in [0.717, 1.165) is 22.3 Å². The van der Waals surface area contributed by atoms with E-state index in [-0.39, 0.29) is 35.2 Å². The average Bonchev–Trinajstić information content (AvgIpc) is 2.37. The number of carboxylic acid groups (broad SMARTS) is 1. The molecule has 0 saturated carbocycles. The molecule has 0 bridgehead atoms. The first-order valence-electron chi connectivity index (χ1n) is 8.33. The van der Waals surface area contributed by atoms with Crippen molar-refractivity contribution in [2.24, 2.45) is 0 Å². The van der Waals surface area contributed by atoms with E-state index in [2.05, 4.69) is 27.7 Å². The number of benzene rings is 1. The Morgan fingerprint density at radius 2 is 1.09 bits per heavy atom. The molecule has 0 heterocycles. The molecule has 4 nitrogen and oxygen atoms in total. The maximum Gasteiger partial charge on any atom is 0.511 e. The molecule has 0 atom stereocenters. The summed E-state index contributed by atoms with van der Waals surface area (Å²) in [6.45, 7) is 16.4. The summed E-state index contributed by atoms with van der Waals surface area (Å²) in [4.78, 5) is 11.1. The van der Waals surface area contributed by atoms with Crippen LogP contribution in [0.3, 0.4) is 0 Å². The van der Waals surface area contributed by atoms with E-state index in [1.165, 1.54) is 0 Å². The Morgan fingerprint density at radius 1 is 0.739 bits per heavy atom. The smallest absolute Gasteiger partial charge is 0.504 e. The van der Waals surface area contributed by atoms with Gasteiger partial charge in [-0.25, -0.2) is 4.79 Å². The summed E-state index contributed by atoms with van der Waals surface area (Å²) in [5, 5.41) is 19.9. The molecular weight excluding hydrogens is 292 g/mol. The van der Waals surface area contributed by atoms with Gasteiger partial charge in [-0.2, -0.15) is 0 Å². The van der Waals surface area contributed by atoms with Crippen LogP contribution in [0.25, 0.3) is 0 Å². The number of phenols is 1. The number of carbonyl (C=O) groups is 1. The van der Waals surface area contributed by atoms with E-state index in [4.69, 9.17) is 9.84 Å². The van der Waals surface area contributed by atoms with E-state index in [0.29, 0.717) is 0 Å². The van der Waals surface area contributed by atoms with Crippen LogP contribution in [-0.2, 0) is 0 Å². The van der Waals surface area contributed by atoms with Crippen LogP contribution in [0.1, 0.15) is 101 Å². The summed E-state index contributed by atoms with van der Waals surface area (Å²) in [5.41, 5.74) is 3.82. The Morgan fingerprint density at radius 3 is 1.39 bits per heavy atom. The molecule has 0 aliphatic heterocycles. The highest BCUT2D eigenvalue weighted by atomic mass is 16.7. The van der Waals surface area contributed by atoms with Crippen molar-refractivity contribution in [3.63, 3.8) is 0 Å². The zero-order valence-corrected chi connectivity index (χ0v) is 15.5. The van der Waals surface area contributed by atoms with Crippen LogP contribution >= 0.6 is 0 Å². The van der Waals surface area contributed by atoms with Crippen LogP contribution in [0.15, 0.2) is 0 Å². The van der Waals surface area contributed by atoms with Gasteiger partial charge < -0.3 is 14.9 Å². The average molecular weight is 322 g/mol. The SMILES string of the molecule is CC(C)c1c(O)c(OC(=O)O)c(C(C)C)c(C(C)C)c1C(C)C. The molecule has 1 aromatic rings. The van der Waals surface area contributed by atoms with Crippen LogP contribution in [0, 0.1) is 0 Å². The first-order valence-corrected chi connectivity index (χ1v) is 8.33. The molecule has 0 unspecified atom stereocenters. The van der Waals surface area contributed by atoms with Gasteiger partial charge in [-0.3, -0.25) is 0 Å². The Kier molecular flexibility index (Phi) is 6.09. The quantitative estimate of drug-likeness (QED) is 0.520. The van der Waals surface area contributed by atoms with Gasteiger partial charge in [0.05, 0.1) is 0 Å². The number of aromatic hydroxyl groups is 1. The molecule has 0 radical (unpaired) electrons. The zero-order chi connectivity index (χ0) is 18.1. The van der Waals surface area contributed by atoms with E-state index in [9.17, 15) is 9.90 Å². The normalized spacial score (nSPS) is 11.8. The van der Waals surface area contributed by atoms with E-state index in [1.54, 1.807) is 0 Å². The second-order valence-corrected chi connectivity index (χ2v) is 7.32. The molecule has 0 amide bonds. The van der Waals surface area contributed by atoms with Gasteiger partial charge in [-0.15, -0.1) is 0 Å². The lowest BCUT2D eigenvalue weighted by Gasteiger charge is -2.30. The lowest BCUT2D eigenvalue weighted by atomic mass is 9.77. The van der Waals surface area contributed by atoms with Crippen molar-refractivity contribution in [1.29, 1.82) is 0 Å². The zero-order valence-electron chi connectivity index (χ0n) is 15.5. The fourth-order valence-electron chi connectivity index (χ4n) is 3.38. The lowest BCUT2D eigenvalue weighted by Crippen LogP contribution is -2.15. The first kappa shape index (κ1) is 19.3. The lowest BCUT2D eigenvalue weighted by molar-refractivity contribution is 0.142. The fourth-order valence-corrected chi connectivity index (χ4v) is 3.38. The van der Waals surface area contributed by atoms with Crippen LogP contribution in [-0.4, -0.2) is 16.4 Å². The van der Waals surface area contributed by atoms with Gasteiger partial charge in [0.1, 0.15) is 0 Å². The van der Waals surface area contributed by atoms with Gasteiger partial charge in [-0.05, 0) is 34.8 Å². The van der Waals surface area contributed by atoms with E-state index >= 15 is 0 Å². The summed E-state index contributed by atoms with van der Waals surface area (Å²) in [6.07, 6.45) is -1.40. The minimum Gasteiger partial charge on any atom is -0.504 e.